The molecule has 0 aliphatic heterocycles. The van der Waals surface area contributed by atoms with E-state index in [9.17, 15) is 0 Å². The molecule has 1 aromatic heterocycles. The molecule has 0 unspecified atom stereocenters. The summed E-state index contributed by atoms with van der Waals surface area (Å²) in [5.74, 6) is 0. The lowest BCUT2D eigenvalue weighted by Gasteiger charge is -2.34. The molecule has 2 heteroatoms. The second-order valence-corrected chi connectivity index (χ2v) is 11.2. The van der Waals surface area contributed by atoms with Crippen LogP contribution in [0.1, 0.15) is 22.3 Å². The Morgan fingerprint density at radius 1 is 0.462 bits per heavy atom. The predicted molar refractivity (Wildman–Crippen MR) is 166 cm³/mol. The van der Waals surface area contributed by atoms with E-state index >= 15 is 0 Å². The van der Waals surface area contributed by atoms with Crippen LogP contribution >= 0.6 is 15.9 Å². The van der Waals surface area contributed by atoms with E-state index in [4.69, 9.17) is 0 Å². The molecular weight excluding hydrogens is 538 g/mol. The SMILES string of the molecule is Brc1ccc2c3ccccc3n(-c3ccc4c(c3)C(c3ccccc3)(c3ccccc3)c3ccccc3-4)c2c1. The van der Waals surface area contributed by atoms with E-state index in [-0.39, 0.29) is 0 Å². The summed E-state index contributed by atoms with van der Waals surface area (Å²) in [6.07, 6.45) is 0. The third-order valence-corrected chi connectivity index (χ3v) is 8.83. The van der Waals surface area contributed by atoms with Gasteiger partial charge in [-0.3, -0.25) is 0 Å². The van der Waals surface area contributed by atoms with Gasteiger partial charge in [0.15, 0.2) is 0 Å². The Kier molecular flexibility index (Phi) is 4.95. The van der Waals surface area contributed by atoms with Crippen LogP contribution in [0.5, 0.6) is 0 Å². The Hall–Kier alpha value is -4.40. The predicted octanol–water partition coefficient (Wildman–Crippen LogP) is 9.91. The molecule has 0 amide bonds. The Bertz CT molecular complexity index is 1980. The molecule has 7 aromatic rings. The molecule has 1 aliphatic carbocycles. The van der Waals surface area contributed by atoms with Gasteiger partial charge in [-0.25, -0.2) is 0 Å². The van der Waals surface area contributed by atoms with Crippen LogP contribution < -0.4 is 0 Å². The fraction of sp³-hybridized carbons (Fsp3) is 0.0270. The minimum atomic E-state index is -0.413. The highest BCUT2D eigenvalue weighted by molar-refractivity contribution is 9.10. The Balaban J connectivity index is 1.51. The van der Waals surface area contributed by atoms with E-state index in [0.29, 0.717) is 0 Å². The number of nitrogens with zero attached hydrogens (tertiary/aromatic N) is 1. The fourth-order valence-electron chi connectivity index (χ4n) is 6.79. The van der Waals surface area contributed by atoms with Gasteiger partial charge in [-0.1, -0.05) is 131 Å². The number of rotatable bonds is 3. The van der Waals surface area contributed by atoms with Gasteiger partial charge in [-0.15, -0.1) is 0 Å². The molecule has 39 heavy (non-hydrogen) atoms. The summed E-state index contributed by atoms with van der Waals surface area (Å²) in [7, 11) is 0. The highest BCUT2D eigenvalue weighted by Gasteiger charge is 2.46. The summed E-state index contributed by atoms with van der Waals surface area (Å²) >= 11 is 3.73. The summed E-state index contributed by atoms with van der Waals surface area (Å²) in [5.41, 5.74) is 11.0. The van der Waals surface area contributed by atoms with Gasteiger partial charge in [0.05, 0.1) is 16.4 Å². The number of fused-ring (bicyclic) bond motifs is 6. The van der Waals surface area contributed by atoms with Crippen LogP contribution in [0.2, 0.25) is 0 Å². The molecule has 0 fully saturated rings. The molecule has 1 nitrogen and oxygen atoms in total. The van der Waals surface area contributed by atoms with E-state index in [2.05, 4.69) is 166 Å². The number of benzene rings is 6. The van der Waals surface area contributed by atoms with E-state index in [1.54, 1.807) is 0 Å². The van der Waals surface area contributed by atoms with Crippen molar-refractivity contribution in [1.29, 1.82) is 0 Å². The number of hydrogen-bond acceptors (Lipinski definition) is 0. The maximum absolute atomic E-state index is 3.73. The van der Waals surface area contributed by atoms with Crippen molar-refractivity contribution in [2.75, 3.05) is 0 Å². The summed E-state index contributed by atoms with van der Waals surface area (Å²) in [4.78, 5) is 0. The molecule has 1 aliphatic rings. The highest BCUT2D eigenvalue weighted by atomic mass is 79.9. The minimum absolute atomic E-state index is 0.413. The van der Waals surface area contributed by atoms with Crippen molar-refractivity contribution in [1.82, 2.24) is 4.57 Å². The third-order valence-electron chi connectivity index (χ3n) is 8.34. The first-order valence-corrected chi connectivity index (χ1v) is 14.1. The van der Waals surface area contributed by atoms with Crippen molar-refractivity contribution in [2.45, 2.75) is 5.41 Å². The van der Waals surface area contributed by atoms with E-state index in [0.717, 1.165) is 4.47 Å². The van der Waals surface area contributed by atoms with Crippen LogP contribution in [0.3, 0.4) is 0 Å². The molecule has 6 aromatic carbocycles. The molecule has 0 atom stereocenters. The molecule has 0 spiro atoms. The lowest BCUT2D eigenvalue weighted by Crippen LogP contribution is -2.28. The van der Waals surface area contributed by atoms with Crippen LogP contribution in [0, 0.1) is 0 Å². The van der Waals surface area contributed by atoms with E-state index in [1.165, 1.54) is 60.9 Å². The van der Waals surface area contributed by atoms with Gasteiger partial charge in [-0.05, 0) is 63.7 Å². The average molecular weight is 563 g/mol. The van der Waals surface area contributed by atoms with Crippen LogP contribution in [-0.4, -0.2) is 4.57 Å². The maximum Gasteiger partial charge on any atom is 0.0714 e. The van der Waals surface area contributed by atoms with Gasteiger partial charge >= 0.3 is 0 Å². The summed E-state index contributed by atoms with van der Waals surface area (Å²) in [6, 6.07) is 53.3. The normalized spacial score (nSPS) is 13.5. The quantitative estimate of drug-likeness (QED) is 0.202. The van der Waals surface area contributed by atoms with Crippen molar-refractivity contribution in [3.63, 3.8) is 0 Å². The minimum Gasteiger partial charge on any atom is -0.309 e. The Morgan fingerprint density at radius 2 is 1.08 bits per heavy atom. The maximum atomic E-state index is 3.73. The smallest absolute Gasteiger partial charge is 0.0714 e. The van der Waals surface area contributed by atoms with Gasteiger partial charge in [-0.2, -0.15) is 0 Å². The van der Waals surface area contributed by atoms with Crippen molar-refractivity contribution >= 4 is 37.7 Å². The first-order chi connectivity index (χ1) is 19.3. The second-order valence-electron chi connectivity index (χ2n) is 10.3. The lowest BCUT2D eigenvalue weighted by atomic mass is 9.67. The van der Waals surface area contributed by atoms with Crippen LogP contribution in [-0.2, 0) is 5.41 Å². The largest absolute Gasteiger partial charge is 0.309 e. The monoisotopic (exact) mass is 561 g/mol. The van der Waals surface area contributed by atoms with Crippen molar-refractivity contribution in [3.05, 3.63) is 172 Å². The molecule has 0 N–H and O–H groups in total. The first-order valence-electron chi connectivity index (χ1n) is 13.3. The van der Waals surface area contributed by atoms with Gasteiger partial charge in [0, 0.05) is 20.9 Å². The zero-order chi connectivity index (χ0) is 26.0. The van der Waals surface area contributed by atoms with Crippen LogP contribution in [0.15, 0.2) is 150 Å². The topological polar surface area (TPSA) is 4.93 Å². The first kappa shape index (κ1) is 22.6. The number of halogens is 1. The number of hydrogen-bond donors (Lipinski definition) is 0. The lowest BCUT2D eigenvalue weighted by molar-refractivity contribution is 0.767. The van der Waals surface area contributed by atoms with Gasteiger partial charge < -0.3 is 4.57 Å². The van der Waals surface area contributed by atoms with Crippen molar-refractivity contribution in [2.24, 2.45) is 0 Å². The summed E-state index contributed by atoms with van der Waals surface area (Å²) in [5, 5.41) is 2.52. The standard InChI is InChI=1S/C37H24BrN/c38-27-19-21-32-31-16-8-10-18-35(31)39(36(32)23-27)28-20-22-30-29-15-7-9-17-33(29)37(34(30)24-28,25-11-3-1-4-12-25)26-13-5-2-6-14-26/h1-24H. The third kappa shape index (κ3) is 3.13. The molecule has 0 saturated carbocycles. The van der Waals surface area contributed by atoms with Crippen LogP contribution in [0.4, 0.5) is 0 Å². The zero-order valence-electron chi connectivity index (χ0n) is 21.2. The highest BCUT2D eigenvalue weighted by Crippen LogP contribution is 2.56. The molecule has 184 valence electrons. The van der Waals surface area contributed by atoms with Gasteiger partial charge in [0.1, 0.15) is 0 Å². The fourth-order valence-corrected chi connectivity index (χ4v) is 7.14. The number of para-hydroxylation sites is 1. The molecule has 8 rings (SSSR count). The summed E-state index contributed by atoms with van der Waals surface area (Å²) < 4.78 is 3.50. The molecule has 0 radical (unpaired) electrons. The molecule has 0 saturated heterocycles. The molecule has 1 heterocycles. The van der Waals surface area contributed by atoms with E-state index < -0.39 is 5.41 Å². The summed E-state index contributed by atoms with van der Waals surface area (Å²) in [6.45, 7) is 0. The van der Waals surface area contributed by atoms with Crippen LogP contribution in [0.25, 0.3) is 38.6 Å². The zero-order valence-corrected chi connectivity index (χ0v) is 22.8. The number of aromatic nitrogens is 1. The molecule has 0 bridgehead atoms. The Labute approximate surface area is 236 Å². The van der Waals surface area contributed by atoms with Crippen molar-refractivity contribution in [3.8, 4) is 16.8 Å². The van der Waals surface area contributed by atoms with E-state index in [1.807, 2.05) is 0 Å². The van der Waals surface area contributed by atoms with Gasteiger partial charge in [0.2, 0.25) is 0 Å². The second kappa shape index (κ2) is 8.56. The molecular formula is C37H24BrN. The average Bonchev–Trinajstić information content (AvgIpc) is 3.48. The van der Waals surface area contributed by atoms with Gasteiger partial charge in [0.25, 0.3) is 0 Å². The van der Waals surface area contributed by atoms with Crippen molar-refractivity contribution < 1.29 is 0 Å². The Morgan fingerprint density at radius 3 is 1.85 bits per heavy atom.